The van der Waals surface area contributed by atoms with E-state index < -0.39 is 31.7 Å². The maximum atomic E-state index is 12.6. The third kappa shape index (κ3) is 5.75. The van der Waals surface area contributed by atoms with Crippen LogP contribution in [-0.2, 0) is 21.1 Å². The van der Waals surface area contributed by atoms with E-state index in [0.29, 0.717) is 12.0 Å². The minimum atomic E-state index is -1.40. The lowest BCUT2D eigenvalue weighted by atomic mass is 9.92. The molecule has 2 aromatic carbocycles. The van der Waals surface area contributed by atoms with Crippen LogP contribution >= 0.6 is 8.46 Å². The molecular formula is C23H30NO6P. The van der Waals surface area contributed by atoms with Gasteiger partial charge in [0.25, 0.3) is 5.91 Å². The number of aromatic hydroxyl groups is 1. The fourth-order valence-corrected chi connectivity index (χ4v) is 3.75. The van der Waals surface area contributed by atoms with E-state index in [0.717, 1.165) is 22.3 Å². The molecule has 4 N–H and O–H groups in total. The Kier molecular flexibility index (Phi) is 7.68. The molecule has 0 fully saturated rings. The van der Waals surface area contributed by atoms with E-state index in [2.05, 4.69) is 5.32 Å². The number of aliphatic carboxylic acids is 1. The van der Waals surface area contributed by atoms with Crippen LogP contribution in [0, 0.1) is 19.8 Å². The molecule has 0 saturated carbocycles. The molecule has 3 atom stereocenters. The predicted molar refractivity (Wildman–Crippen MR) is 121 cm³/mol. The molecule has 1 amide bonds. The average Bonchev–Trinajstić information content (AvgIpc) is 2.69. The van der Waals surface area contributed by atoms with Gasteiger partial charge in [0.05, 0.1) is 14.0 Å². The number of carboxylic acids is 1. The largest absolute Gasteiger partial charge is 0.507 e. The van der Waals surface area contributed by atoms with Gasteiger partial charge in [0.15, 0.2) is 0 Å². The first-order chi connectivity index (χ1) is 14.4. The first-order valence-electron chi connectivity index (χ1n) is 10.0. The van der Waals surface area contributed by atoms with Crippen molar-refractivity contribution in [2.24, 2.45) is 5.92 Å². The zero-order chi connectivity index (χ0) is 23.5. The number of carboxylic acid groups (broad SMARTS) is 1. The van der Waals surface area contributed by atoms with E-state index in [4.69, 9.17) is 0 Å². The lowest BCUT2D eigenvalue weighted by molar-refractivity contribution is -0.140. The first kappa shape index (κ1) is 24.6. The van der Waals surface area contributed by atoms with Crippen molar-refractivity contribution >= 4 is 20.3 Å². The minimum Gasteiger partial charge on any atom is -0.507 e. The summed E-state index contributed by atoms with van der Waals surface area (Å²) in [6, 6.07) is 7.22. The molecule has 2 aromatic rings. The standard InChI is InChI=1S/C23H30NO6P/c1-12(2)20(22(27)28)24-21(26)18-11-15(6-7-19(18)25)10-17-13(3)8-16(9-14(17)4)23(5,29)31-30/h6-9,11-12,20,25,29H,10,31H2,1-5H3,(H,24,26)(H,27,28). The van der Waals surface area contributed by atoms with Gasteiger partial charge in [0.1, 0.15) is 17.1 Å². The number of carbonyl (C=O) groups is 2. The van der Waals surface area contributed by atoms with Gasteiger partial charge >= 0.3 is 5.97 Å². The monoisotopic (exact) mass is 447 g/mol. The van der Waals surface area contributed by atoms with Crippen LogP contribution in [0.5, 0.6) is 5.75 Å². The van der Waals surface area contributed by atoms with Crippen LogP contribution in [0.3, 0.4) is 0 Å². The molecule has 0 heterocycles. The third-order valence-electron chi connectivity index (χ3n) is 5.42. The summed E-state index contributed by atoms with van der Waals surface area (Å²) in [4.78, 5) is 24.0. The topological polar surface area (TPSA) is 124 Å². The van der Waals surface area contributed by atoms with Gasteiger partial charge in [0.2, 0.25) is 0 Å². The maximum absolute atomic E-state index is 12.6. The number of hydrogen-bond donors (Lipinski definition) is 4. The molecule has 0 radical (unpaired) electrons. The van der Waals surface area contributed by atoms with E-state index in [9.17, 15) is 29.5 Å². The van der Waals surface area contributed by atoms with Crippen molar-refractivity contribution in [3.8, 4) is 5.75 Å². The summed E-state index contributed by atoms with van der Waals surface area (Å²) in [6.45, 7) is 8.70. The van der Waals surface area contributed by atoms with Crippen LogP contribution in [0.25, 0.3) is 0 Å². The lowest BCUT2D eigenvalue weighted by Crippen LogP contribution is -2.44. The second-order valence-corrected chi connectivity index (χ2v) is 9.78. The number of phenolic OH excluding ortho intramolecular Hbond substituents is 1. The molecule has 0 aliphatic rings. The Labute approximate surface area is 183 Å². The van der Waals surface area contributed by atoms with Crippen LogP contribution < -0.4 is 5.32 Å². The van der Waals surface area contributed by atoms with Gasteiger partial charge in [-0.3, -0.25) is 4.79 Å². The molecule has 0 aromatic heterocycles. The summed E-state index contributed by atoms with van der Waals surface area (Å²) in [5.41, 5.74) is 4.17. The van der Waals surface area contributed by atoms with Crippen molar-refractivity contribution in [1.82, 2.24) is 5.32 Å². The zero-order valence-electron chi connectivity index (χ0n) is 18.4. The van der Waals surface area contributed by atoms with Gasteiger partial charge in [-0.15, -0.1) is 0 Å². The highest BCUT2D eigenvalue weighted by Crippen LogP contribution is 2.34. The average molecular weight is 447 g/mol. The van der Waals surface area contributed by atoms with Gasteiger partial charge in [-0.1, -0.05) is 32.0 Å². The summed E-state index contributed by atoms with van der Waals surface area (Å²) >= 11 is 0. The molecule has 0 spiro atoms. The number of benzene rings is 2. The van der Waals surface area contributed by atoms with E-state index in [1.807, 2.05) is 13.8 Å². The molecule has 0 bridgehead atoms. The molecular weight excluding hydrogens is 417 g/mol. The number of aliphatic hydroxyl groups is 1. The van der Waals surface area contributed by atoms with Crippen LogP contribution in [0.4, 0.5) is 0 Å². The summed E-state index contributed by atoms with van der Waals surface area (Å²) in [6.07, 6.45) is 0.470. The molecule has 8 heteroatoms. The first-order valence-corrected chi connectivity index (χ1v) is 11.1. The number of hydrogen-bond acceptors (Lipinski definition) is 5. The summed E-state index contributed by atoms with van der Waals surface area (Å²) in [5, 5.41) is 30.9. The zero-order valence-corrected chi connectivity index (χ0v) is 19.5. The van der Waals surface area contributed by atoms with Crippen LogP contribution in [0.1, 0.15) is 58.9 Å². The van der Waals surface area contributed by atoms with E-state index >= 15 is 0 Å². The Morgan fingerprint density at radius 3 is 2.19 bits per heavy atom. The van der Waals surface area contributed by atoms with Gasteiger partial charge in [-0.25, -0.2) is 4.79 Å². The molecule has 0 aliphatic heterocycles. The highest BCUT2D eigenvalue weighted by molar-refractivity contribution is 7.25. The van der Waals surface area contributed by atoms with Gasteiger partial charge in [-0.2, -0.15) is 0 Å². The molecule has 2 rings (SSSR count). The summed E-state index contributed by atoms with van der Waals surface area (Å²) in [7, 11) is -1.40. The Bertz CT molecular complexity index is 992. The number of aryl methyl sites for hydroxylation is 2. The second kappa shape index (κ2) is 9.67. The quantitative estimate of drug-likeness (QED) is 0.460. The van der Waals surface area contributed by atoms with Crippen molar-refractivity contribution in [3.63, 3.8) is 0 Å². The SMILES string of the molecule is Cc1cc(C(C)(O)[PH2]=O)cc(C)c1Cc1ccc(O)c(C(=O)NC(C(=O)O)C(C)C)c1. The van der Waals surface area contributed by atoms with E-state index in [1.165, 1.54) is 13.0 Å². The Balaban J connectivity index is 2.35. The second-order valence-electron chi connectivity index (χ2n) is 8.42. The number of rotatable bonds is 8. The van der Waals surface area contributed by atoms with Crippen LogP contribution in [-0.4, -0.2) is 33.2 Å². The molecule has 168 valence electrons. The molecule has 3 unspecified atom stereocenters. The van der Waals surface area contributed by atoms with Gasteiger partial charge in [-0.05, 0) is 73.1 Å². The van der Waals surface area contributed by atoms with Crippen LogP contribution in [0.15, 0.2) is 30.3 Å². The van der Waals surface area contributed by atoms with E-state index in [-0.39, 0.29) is 17.2 Å². The van der Waals surface area contributed by atoms with Crippen LogP contribution in [0.2, 0.25) is 0 Å². The number of nitrogens with one attached hydrogen (secondary N) is 1. The minimum absolute atomic E-state index is 0.00853. The summed E-state index contributed by atoms with van der Waals surface area (Å²) in [5.74, 6) is -2.34. The molecule has 0 saturated heterocycles. The normalized spacial score (nSPS) is 14.5. The highest BCUT2D eigenvalue weighted by Gasteiger charge is 2.26. The molecule has 7 nitrogen and oxygen atoms in total. The smallest absolute Gasteiger partial charge is 0.326 e. The maximum Gasteiger partial charge on any atom is 0.326 e. The number of carbonyl (C=O) groups excluding carboxylic acids is 1. The predicted octanol–water partition coefficient (Wildman–Crippen LogP) is 3.36. The highest BCUT2D eigenvalue weighted by atomic mass is 31.1. The lowest BCUT2D eigenvalue weighted by Gasteiger charge is -2.21. The Morgan fingerprint density at radius 2 is 1.71 bits per heavy atom. The molecule has 0 aliphatic carbocycles. The third-order valence-corrected chi connectivity index (χ3v) is 6.21. The number of amides is 1. The fourth-order valence-electron chi connectivity index (χ4n) is 3.44. The van der Waals surface area contributed by atoms with Crippen molar-refractivity contribution in [2.75, 3.05) is 0 Å². The van der Waals surface area contributed by atoms with Crippen molar-refractivity contribution in [2.45, 2.75) is 52.4 Å². The summed E-state index contributed by atoms with van der Waals surface area (Å²) < 4.78 is 11.4. The van der Waals surface area contributed by atoms with Crippen molar-refractivity contribution in [1.29, 1.82) is 0 Å². The van der Waals surface area contributed by atoms with Gasteiger partial charge < -0.3 is 25.2 Å². The van der Waals surface area contributed by atoms with Crippen molar-refractivity contribution in [3.05, 3.63) is 63.7 Å². The van der Waals surface area contributed by atoms with Crippen molar-refractivity contribution < 1.29 is 29.5 Å². The Hall–Kier alpha value is -2.63. The van der Waals surface area contributed by atoms with E-state index in [1.54, 1.807) is 38.1 Å². The fraction of sp³-hybridized carbons (Fsp3) is 0.391. The number of phenols is 1. The van der Waals surface area contributed by atoms with Gasteiger partial charge in [0, 0.05) is 0 Å². The molecule has 31 heavy (non-hydrogen) atoms. The Morgan fingerprint density at radius 1 is 1.13 bits per heavy atom.